The van der Waals surface area contributed by atoms with Crippen LogP contribution in [0.2, 0.25) is 0 Å². The van der Waals surface area contributed by atoms with Crippen LogP contribution >= 0.6 is 0 Å². The summed E-state index contributed by atoms with van der Waals surface area (Å²) in [7, 11) is 0. The van der Waals surface area contributed by atoms with E-state index in [0.29, 0.717) is 40.7 Å². The molecule has 5 heteroatoms. The van der Waals surface area contributed by atoms with E-state index in [4.69, 9.17) is 13.6 Å². The van der Waals surface area contributed by atoms with Gasteiger partial charge in [-0.3, -0.25) is 0 Å². The van der Waals surface area contributed by atoms with Crippen LogP contribution in [0.4, 0.5) is 4.39 Å². The lowest BCUT2D eigenvalue weighted by atomic mass is 9.87. The molecule has 0 amide bonds. The van der Waals surface area contributed by atoms with Gasteiger partial charge in [-0.2, -0.15) is 4.39 Å². The monoisotopic (exact) mass is 461 g/mol. The van der Waals surface area contributed by atoms with Crippen LogP contribution in [0.15, 0.2) is 69.9 Å². The van der Waals surface area contributed by atoms with Crippen molar-refractivity contribution in [2.75, 3.05) is 0 Å². The number of pyridine rings is 1. The molecule has 1 aromatic carbocycles. The van der Waals surface area contributed by atoms with E-state index >= 15 is 0 Å². The molecule has 0 spiro atoms. The minimum atomic E-state index is -0.488. The zero-order valence-electron chi connectivity index (χ0n) is 20.7. The molecule has 178 valence electrons. The molecule has 4 rings (SSSR count). The highest BCUT2D eigenvalue weighted by atomic mass is 19.1. The third kappa shape index (κ3) is 5.77. The summed E-state index contributed by atoms with van der Waals surface area (Å²) in [6.07, 6.45) is 4.65. The van der Waals surface area contributed by atoms with E-state index in [-0.39, 0.29) is 10.8 Å². The van der Waals surface area contributed by atoms with Crippen LogP contribution in [0.25, 0.3) is 22.8 Å². The standard InChI is InChI=1S/C29H32FNO3/c1-28(2,3)17-19-9-11-21(23-8-7-14-32-23)25(16-19)34-24-13-15-33-26(24)22-12-10-20(27(30)31-22)18-29(4,5)6/h7-16H,17-18H2,1-6H3. The van der Waals surface area contributed by atoms with Crippen LogP contribution in [0.5, 0.6) is 11.5 Å². The second-order valence-electron chi connectivity index (χ2n) is 11.1. The number of benzene rings is 1. The van der Waals surface area contributed by atoms with E-state index in [1.54, 1.807) is 24.5 Å². The van der Waals surface area contributed by atoms with Gasteiger partial charge >= 0.3 is 0 Å². The Hall–Kier alpha value is -3.34. The van der Waals surface area contributed by atoms with Gasteiger partial charge in [0, 0.05) is 11.6 Å². The lowest BCUT2D eigenvalue weighted by Crippen LogP contribution is -2.11. The zero-order valence-corrected chi connectivity index (χ0v) is 20.7. The Morgan fingerprint density at radius 2 is 1.59 bits per heavy atom. The van der Waals surface area contributed by atoms with Crippen molar-refractivity contribution < 1.29 is 18.0 Å². The van der Waals surface area contributed by atoms with Gasteiger partial charge in [-0.15, -0.1) is 0 Å². The molecule has 0 radical (unpaired) electrons. The van der Waals surface area contributed by atoms with Gasteiger partial charge in [0.05, 0.1) is 18.1 Å². The SMILES string of the molecule is CC(C)(C)Cc1ccc(-c2ccco2)c(Oc2ccoc2-c2ccc(CC(C)(C)C)c(F)n2)c1. The number of furan rings is 2. The lowest BCUT2D eigenvalue weighted by Gasteiger charge is -2.19. The van der Waals surface area contributed by atoms with Crippen LogP contribution in [0.1, 0.15) is 52.7 Å². The van der Waals surface area contributed by atoms with Crippen LogP contribution in [-0.4, -0.2) is 4.98 Å². The fraction of sp³-hybridized carbons (Fsp3) is 0.345. The normalized spacial score (nSPS) is 12.2. The van der Waals surface area contributed by atoms with Crippen molar-refractivity contribution >= 4 is 0 Å². The van der Waals surface area contributed by atoms with E-state index in [2.05, 4.69) is 52.6 Å². The minimum Gasteiger partial charge on any atom is -0.464 e. The molecule has 3 heterocycles. The van der Waals surface area contributed by atoms with Gasteiger partial charge in [0.1, 0.15) is 17.2 Å². The first-order chi connectivity index (χ1) is 16.0. The van der Waals surface area contributed by atoms with Crippen molar-refractivity contribution in [1.29, 1.82) is 0 Å². The average molecular weight is 462 g/mol. The first kappa shape index (κ1) is 23.8. The molecule has 3 aromatic heterocycles. The van der Waals surface area contributed by atoms with Crippen LogP contribution in [-0.2, 0) is 12.8 Å². The third-order valence-corrected chi connectivity index (χ3v) is 5.30. The Bertz CT molecular complexity index is 1260. The largest absolute Gasteiger partial charge is 0.464 e. The highest BCUT2D eigenvalue weighted by molar-refractivity contribution is 5.69. The third-order valence-electron chi connectivity index (χ3n) is 5.30. The van der Waals surface area contributed by atoms with Crippen molar-refractivity contribution in [3.63, 3.8) is 0 Å². The molecule has 0 N–H and O–H groups in total. The Kier molecular flexibility index (Phi) is 6.39. The molecule has 4 aromatic rings. The molecule has 0 saturated heterocycles. The van der Waals surface area contributed by atoms with Crippen molar-refractivity contribution in [1.82, 2.24) is 4.98 Å². The fourth-order valence-electron chi connectivity index (χ4n) is 3.98. The molecular formula is C29H32FNO3. The molecular weight excluding hydrogens is 429 g/mol. The van der Waals surface area contributed by atoms with Gasteiger partial charge in [-0.25, -0.2) is 4.98 Å². The molecule has 0 aliphatic carbocycles. The maximum atomic E-state index is 14.8. The molecule has 34 heavy (non-hydrogen) atoms. The van der Waals surface area contributed by atoms with Crippen molar-refractivity contribution in [3.05, 3.63) is 78.1 Å². The van der Waals surface area contributed by atoms with Gasteiger partial charge in [0.2, 0.25) is 5.95 Å². The predicted molar refractivity (Wildman–Crippen MR) is 132 cm³/mol. The molecule has 0 aliphatic heterocycles. The zero-order chi connectivity index (χ0) is 24.5. The summed E-state index contributed by atoms with van der Waals surface area (Å²) in [6, 6.07) is 15.1. The number of nitrogens with zero attached hydrogens (tertiary/aromatic N) is 1. The van der Waals surface area contributed by atoms with Gasteiger partial charge in [-0.1, -0.05) is 53.7 Å². The van der Waals surface area contributed by atoms with Gasteiger partial charge < -0.3 is 13.6 Å². The van der Waals surface area contributed by atoms with E-state index in [9.17, 15) is 4.39 Å². The predicted octanol–water partition coefficient (Wildman–Crippen LogP) is 8.71. The molecule has 0 atom stereocenters. The molecule has 0 bridgehead atoms. The maximum Gasteiger partial charge on any atom is 0.216 e. The van der Waals surface area contributed by atoms with Gasteiger partial charge in [-0.05, 0) is 59.6 Å². The molecule has 0 unspecified atom stereocenters. The van der Waals surface area contributed by atoms with Gasteiger partial charge in [0.25, 0.3) is 0 Å². The highest BCUT2D eigenvalue weighted by Gasteiger charge is 2.21. The number of halogens is 1. The Morgan fingerprint density at radius 3 is 2.24 bits per heavy atom. The summed E-state index contributed by atoms with van der Waals surface area (Å²) >= 11 is 0. The first-order valence-corrected chi connectivity index (χ1v) is 11.6. The molecule has 0 saturated carbocycles. The lowest BCUT2D eigenvalue weighted by molar-refractivity contribution is 0.398. The molecule has 4 nitrogen and oxygen atoms in total. The quantitative estimate of drug-likeness (QED) is 0.269. The van der Waals surface area contributed by atoms with Crippen LogP contribution in [0, 0.1) is 16.8 Å². The number of hydrogen-bond acceptors (Lipinski definition) is 4. The topological polar surface area (TPSA) is 48.4 Å². The Morgan fingerprint density at radius 1 is 0.824 bits per heavy atom. The van der Waals surface area contributed by atoms with Crippen LogP contribution in [0.3, 0.4) is 0 Å². The maximum absolute atomic E-state index is 14.8. The van der Waals surface area contributed by atoms with E-state index in [1.807, 2.05) is 24.3 Å². The van der Waals surface area contributed by atoms with Crippen molar-refractivity contribution in [2.45, 2.75) is 54.4 Å². The number of ether oxygens (including phenoxy) is 1. The first-order valence-electron chi connectivity index (χ1n) is 11.6. The summed E-state index contributed by atoms with van der Waals surface area (Å²) in [6.45, 7) is 12.8. The smallest absolute Gasteiger partial charge is 0.216 e. The second-order valence-corrected chi connectivity index (χ2v) is 11.1. The second kappa shape index (κ2) is 9.13. The van der Waals surface area contributed by atoms with Crippen molar-refractivity contribution in [3.8, 4) is 34.3 Å². The Balaban J connectivity index is 1.69. The number of aromatic nitrogens is 1. The summed E-state index contributed by atoms with van der Waals surface area (Å²) in [5.74, 6) is 1.71. The number of rotatable bonds is 6. The average Bonchev–Trinajstić information content (AvgIpc) is 3.40. The molecule has 0 fully saturated rings. The van der Waals surface area contributed by atoms with Gasteiger partial charge in [0.15, 0.2) is 11.5 Å². The van der Waals surface area contributed by atoms with E-state index in [1.165, 1.54) is 6.26 Å². The van der Waals surface area contributed by atoms with E-state index in [0.717, 1.165) is 17.5 Å². The number of hydrogen-bond donors (Lipinski definition) is 0. The van der Waals surface area contributed by atoms with Crippen molar-refractivity contribution in [2.24, 2.45) is 10.8 Å². The summed E-state index contributed by atoms with van der Waals surface area (Å²) in [5.41, 5.74) is 3.04. The van der Waals surface area contributed by atoms with Crippen LogP contribution < -0.4 is 4.74 Å². The molecule has 0 aliphatic rings. The summed E-state index contributed by atoms with van der Waals surface area (Å²) < 4.78 is 32.5. The minimum absolute atomic E-state index is 0.0384. The summed E-state index contributed by atoms with van der Waals surface area (Å²) in [4.78, 5) is 4.18. The highest BCUT2D eigenvalue weighted by Crippen LogP contribution is 2.40. The fourth-order valence-corrected chi connectivity index (χ4v) is 3.98. The Labute approximate surface area is 200 Å². The van der Waals surface area contributed by atoms with E-state index < -0.39 is 5.95 Å². The summed E-state index contributed by atoms with van der Waals surface area (Å²) in [5, 5.41) is 0.